The average molecular weight is 403 g/mol. The third-order valence-electron chi connectivity index (χ3n) is 5.28. The molecule has 0 unspecified atom stereocenters. The van der Waals surface area contributed by atoms with Gasteiger partial charge in [0.2, 0.25) is 5.91 Å². The number of carbonyl (C=O) groups excluding carboxylic acids is 2. The molecule has 1 aromatic heterocycles. The molecule has 1 aliphatic rings. The number of likely N-dealkylation sites (tertiary alicyclic amines) is 1. The highest BCUT2D eigenvalue weighted by Crippen LogP contribution is 2.23. The maximum atomic E-state index is 12.8. The van der Waals surface area contributed by atoms with Gasteiger partial charge in [0.15, 0.2) is 0 Å². The Labute approximate surface area is 171 Å². The molecule has 7 heteroatoms. The summed E-state index contributed by atoms with van der Waals surface area (Å²) in [6.45, 7) is 4.11. The van der Waals surface area contributed by atoms with E-state index in [1.807, 2.05) is 35.0 Å². The van der Waals surface area contributed by atoms with Gasteiger partial charge < -0.3 is 9.80 Å². The number of rotatable bonds is 6. The Hall–Kier alpha value is -2.34. The van der Waals surface area contributed by atoms with E-state index in [1.54, 1.807) is 23.1 Å². The highest BCUT2D eigenvalue weighted by molar-refractivity contribution is 6.32. The summed E-state index contributed by atoms with van der Waals surface area (Å²) in [6.07, 6.45) is 6.79. The molecule has 0 spiro atoms. The van der Waals surface area contributed by atoms with Gasteiger partial charge in [-0.2, -0.15) is 5.10 Å². The standard InChI is InChI=1S/C21H27ClN4O2/c1-3-4-11-24(2)20(27)16-9-12-25(13-10-16)21(28)17-14-23-26(15-17)19-8-6-5-7-18(19)22/h5-8,14-16H,3-4,9-13H2,1-2H3. The Bertz CT molecular complexity index is 827. The van der Waals surface area contributed by atoms with Gasteiger partial charge in [-0.05, 0) is 31.4 Å². The second-order valence-electron chi connectivity index (χ2n) is 7.30. The number of para-hydroxylation sites is 1. The molecule has 1 saturated heterocycles. The lowest BCUT2D eigenvalue weighted by atomic mass is 9.95. The number of aromatic nitrogens is 2. The average Bonchev–Trinajstić information content (AvgIpc) is 3.21. The number of benzene rings is 1. The third-order valence-corrected chi connectivity index (χ3v) is 5.60. The lowest BCUT2D eigenvalue weighted by molar-refractivity contribution is -0.135. The van der Waals surface area contributed by atoms with Crippen LogP contribution in [0.5, 0.6) is 0 Å². The van der Waals surface area contributed by atoms with E-state index < -0.39 is 0 Å². The number of nitrogens with zero attached hydrogens (tertiary/aromatic N) is 4. The summed E-state index contributed by atoms with van der Waals surface area (Å²) >= 11 is 6.21. The Morgan fingerprint density at radius 3 is 2.64 bits per heavy atom. The topological polar surface area (TPSA) is 58.4 Å². The van der Waals surface area contributed by atoms with Gasteiger partial charge in [-0.1, -0.05) is 37.1 Å². The van der Waals surface area contributed by atoms with Gasteiger partial charge in [-0.25, -0.2) is 4.68 Å². The van der Waals surface area contributed by atoms with Crippen molar-refractivity contribution in [2.45, 2.75) is 32.6 Å². The molecule has 6 nitrogen and oxygen atoms in total. The van der Waals surface area contributed by atoms with Gasteiger partial charge in [0.1, 0.15) is 0 Å². The first-order valence-electron chi connectivity index (χ1n) is 9.85. The van der Waals surface area contributed by atoms with Crippen molar-refractivity contribution in [3.63, 3.8) is 0 Å². The molecular formula is C21H27ClN4O2. The Kier molecular flexibility index (Phi) is 6.73. The van der Waals surface area contributed by atoms with Crippen LogP contribution in [0.2, 0.25) is 5.02 Å². The van der Waals surface area contributed by atoms with Crippen LogP contribution in [0.4, 0.5) is 0 Å². The predicted molar refractivity (Wildman–Crippen MR) is 110 cm³/mol. The zero-order chi connectivity index (χ0) is 20.1. The number of hydrogen-bond acceptors (Lipinski definition) is 3. The van der Waals surface area contributed by atoms with Crippen molar-refractivity contribution in [2.24, 2.45) is 5.92 Å². The van der Waals surface area contributed by atoms with Crippen LogP contribution in [-0.4, -0.2) is 58.1 Å². The van der Waals surface area contributed by atoms with Crippen molar-refractivity contribution in [1.29, 1.82) is 0 Å². The van der Waals surface area contributed by atoms with E-state index in [2.05, 4.69) is 12.0 Å². The molecule has 2 heterocycles. The molecule has 0 atom stereocenters. The van der Waals surface area contributed by atoms with Gasteiger partial charge >= 0.3 is 0 Å². The van der Waals surface area contributed by atoms with Crippen LogP contribution in [0.3, 0.4) is 0 Å². The highest BCUT2D eigenvalue weighted by Gasteiger charge is 2.29. The zero-order valence-electron chi connectivity index (χ0n) is 16.5. The first-order chi connectivity index (χ1) is 13.5. The van der Waals surface area contributed by atoms with Crippen LogP contribution < -0.4 is 0 Å². The predicted octanol–water partition coefficient (Wildman–Crippen LogP) is 3.64. The number of hydrogen-bond donors (Lipinski definition) is 0. The van der Waals surface area contributed by atoms with E-state index in [-0.39, 0.29) is 17.7 Å². The number of halogens is 1. The molecule has 0 N–H and O–H groups in total. The smallest absolute Gasteiger partial charge is 0.257 e. The summed E-state index contributed by atoms with van der Waals surface area (Å²) in [5, 5.41) is 4.86. The molecule has 2 aromatic rings. The molecule has 1 fully saturated rings. The fraction of sp³-hybridized carbons (Fsp3) is 0.476. The fourth-order valence-corrected chi connectivity index (χ4v) is 3.75. The summed E-state index contributed by atoms with van der Waals surface area (Å²) in [4.78, 5) is 29.0. The normalized spacial score (nSPS) is 14.9. The fourth-order valence-electron chi connectivity index (χ4n) is 3.53. The molecule has 1 aliphatic heterocycles. The van der Waals surface area contributed by atoms with E-state index in [1.165, 1.54) is 0 Å². The molecule has 0 radical (unpaired) electrons. The second kappa shape index (κ2) is 9.24. The molecule has 2 amide bonds. The first-order valence-corrected chi connectivity index (χ1v) is 10.2. The minimum atomic E-state index is -0.0523. The van der Waals surface area contributed by atoms with Crippen LogP contribution in [0.15, 0.2) is 36.7 Å². The molecular weight excluding hydrogens is 376 g/mol. The van der Waals surface area contributed by atoms with Crippen LogP contribution in [0.1, 0.15) is 43.0 Å². The van der Waals surface area contributed by atoms with Crippen LogP contribution in [0, 0.1) is 5.92 Å². The summed E-state index contributed by atoms with van der Waals surface area (Å²) in [5.41, 5.74) is 1.27. The quantitative estimate of drug-likeness (QED) is 0.741. The largest absolute Gasteiger partial charge is 0.346 e. The Balaban J connectivity index is 1.59. The first kappa shape index (κ1) is 20.4. The minimum Gasteiger partial charge on any atom is -0.346 e. The molecule has 0 bridgehead atoms. The molecule has 1 aromatic carbocycles. The lowest BCUT2D eigenvalue weighted by Gasteiger charge is -2.33. The lowest BCUT2D eigenvalue weighted by Crippen LogP contribution is -2.43. The summed E-state index contributed by atoms with van der Waals surface area (Å²) < 4.78 is 1.62. The van der Waals surface area contributed by atoms with Crippen molar-refractivity contribution < 1.29 is 9.59 Å². The number of carbonyl (C=O) groups is 2. The van der Waals surface area contributed by atoms with Crippen LogP contribution >= 0.6 is 11.6 Å². The van der Waals surface area contributed by atoms with Gasteiger partial charge in [0.25, 0.3) is 5.91 Å². The van der Waals surface area contributed by atoms with Crippen molar-refractivity contribution in [3.8, 4) is 5.69 Å². The SMILES string of the molecule is CCCCN(C)C(=O)C1CCN(C(=O)c2cnn(-c3ccccc3Cl)c2)CC1. The van der Waals surface area contributed by atoms with Crippen molar-refractivity contribution >= 4 is 23.4 Å². The summed E-state index contributed by atoms with van der Waals surface area (Å²) in [5.74, 6) is 0.160. The van der Waals surface area contributed by atoms with E-state index in [0.717, 1.165) is 25.1 Å². The van der Waals surface area contributed by atoms with Crippen molar-refractivity contribution in [1.82, 2.24) is 19.6 Å². The van der Waals surface area contributed by atoms with E-state index in [4.69, 9.17) is 11.6 Å². The van der Waals surface area contributed by atoms with Crippen LogP contribution in [-0.2, 0) is 4.79 Å². The monoisotopic (exact) mass is 402 g/mol. The van der Waals surface area contributed by atoms with Gasteiger partial charge in [-0.15, -0.1) is 0 Å². The van der Waals surface area contributed by atoms with E-state index in [9.17, 15) is 9.59 Å². The molecule has 28 heavy (non-hydrogen) atoms. The second-order valence-corrected chi connectivity index (χ2v) is 7.71. The van der Waals surface area contributed by atoms with Crippen molar-refractivity contribution in [2.75, 3.05) is 26.7 Å². The van der Waals surface area contributed by atoms with Gasteiger partial charge in [0.05, 0.1) is 22.5 Å². The van der Waals surface area contributed by atoms with Crippen molar-refractivity contribution in [3.05, 3.63) is 47.2 Å². The zero-order valence-corrected chi connectivity index (χ0v) is 17.2. The minimum absolute atomic E-state index is 0.0109. The third kappa shape index (κ3) is 4.55. The number of unbranched alkanes of at least 4 members (excludes halogenated alkanes) is 1. The Morgan fingerprint density at radius 1 is 1.25 bits per heavy atom. The molecule has 150 valence electrons. The molecule has 0 saturated carbocycles. The number of piperidine rings is 1. The van der Waals surface area contributed by atoms with Gasteiger partial charge in [-0.3, -0.25) is 9.59 Å². The van der Waals surface area contributed by atoms with E-state index >= 15 is 0 Å². The Morgan fingerprint density at radius 2 is 1.96 bits per heavy atom. The maximum absolute atomic E-state index is 12.8. The maximum Gasteiger partial charge on any atom is 0.257 e. The summed E-state index contributed by atoms with van der Waals surface area (Å²) in [7, 11) is 1.87. The summed E-state index contributed by atoms with van der Waals surface area (Å²) in [6, 6.07) is 7.38. The number of amides is 2. The molecule has 0 aliphatic carbocycles. The highest BCUT2D eigenvalue weighted by atomic mass is 35.5. The van der Waals surface area contributed by atoms with Crippen LogP contribution in [0.25, 0.3) is 5.69 Å². The van der Waals surface area contributed by atoms with Gasteiger partial charge in [0, 0.05) is 38.8 Å². The van der Waals surface area contributed by atoms with E-state index in [0.29, 0.717) is 36.5 Å². The molecule has 3 rings (SSSR count).